The van der Waals surface area contributed by atoms with Gasteiger partial charge < -0.3 is 15.0 Å². The van der Waals surface area contributed by atoms with Crippen LogP contribution in [0.15, 0.2) is 53.0 Å². The first kappa shape index (κ1) is 22.9. The molecule has 0 saturated carbocycles. The van der Waals surface area contributed by atoms with Gasteiger partial charge in [0.1, 0.15) is 11.8 Å². The van der Waals surface area contributed by atoms with E-state index in [2.05, 4.69) is 28.2 Å². The second-order valence-corrected chi connectivity index (χ2v) is 7.99. The quantitative estimate of drug-likeness (QED) is 0.532. The summed E-state index contributed by atoms with van der Waals surface area (Å²) in [5, 5.41) is 2.91. The van der Waals surface area contributed by atoms with E-state index in [0.29, 0.717) is 18.8 Å². The van der Waals surface area contributed by atoms with E-state index in [1.165, 1.54) is 0 Å². The predicted molar refractivity (Wildman–Crippen MR) is 119 cm³/mol. The molecule has 156 valence electrons. The summed E-state index contributed by atoms with van der Waals surface area (Å²) in [6.45, 7) is 6.69. The van der Waals surface area contributed by atoms with E-state index in [4.69, 9.17) is 4.74 Å². The van der Waals surface area contributed by atoms with Gasteiger partial charge in [-0.1, -0.05) is 59.1 Å². The van der Waals surface area contributed by atoms with Crippen molar-refractivity contribution in [1.29, 1.82) is 0 Å². The molecule has 0 saturated heterocycles. The maximum absolute atomic E-state index is 12.9. The van der Waals surface area contributed by atoms with Gasteiger partial charge in [-0.2, -0.15) is 0 Å². The summed E-state index contributed by atoms with van der Waals surface area (Å²) in [6, 6.07) is 14.7. The fourth-order valence-corrected chi connectivity index (χ4v) is 3.03. The number of hydrogen-bond donors (Lipinski definition) is 1. The Bertz CT molecular complexity index is 791. The Kier molecular flexibility index (Phi) is 9.19. The van der Waals surface area contributed by atoms with Crippen molar-refractivity contribution in [1.82, 2.24) is 10.2 Å². The molecule has 2 aromatic rings. The molecule has 0 fully saturated rings. The fraction of sp³-hybridized carbons (Fsp3) is 0.391. The molecule has 1 atom stereocenters. The van der Waals surface area contributed by atoms with Gasteiger partial charge in [-0.15, -0.1) is 0 Å². The Morgan fingerprint density at radius 2 is 1.76 bits per heavy atom. The van der Waals surface area contributed by atoms with Gasteiger partial charge in [-0.05, 0) is 50.1 Å². The number of ether oxygens (including phenoxy) is 1. The van der Waals surface area contributed by atoms with Gasteiger partial charge >= 0.3 is 0 Å². The number of benzene rings is 2. The third kappa shape index (κ3) is 7.54. The van der Waals surface area contributed by atoms with Crippen LogP contribution in [0.1, 0.15) is 37.8 Å². The lowest BCUT2D eigenvalue weighted by Crippen LogP contribution is -2.49. The standard InChI is InChI=1S/C23H29BrN2O3/c1-4-5-14-25-23(28)18(3)26(15-19-8-6-17(2)7-9-19)22(27)16-29-21-12-10-20(24)11-13-21/h6-13,18H,4-5,14-16H2,1-3H3,(H,25,28). The summed E-state index contributed by atoms with van der Waals surface area (Å²) >= 11 is 3.38. The first-order chi connectivity index (χ1) is 13.9. The number of unbranched alkanes of at least 4 members (excludes halogenated alkanes) is 1. The van der Waals surface area contributed by atoms with E-state index in [9.17, 15) is 9.59 Å². The van der Waals surface area contributed by atoms with Crippen LogP contribution in [0.4, 0.5) is 0 Å². The molecule has 0 bridgehead atoms. The lowest BCUT2D eigenvalue weighted by atomic mass is 10.1. The molecule has 0 aliphatic rings. The van der Waals surface area contributed by atoms with E-state index in [1.54, 1.807) is 24.0 Å². The van der Waals surface area contributed by atoms with Gasteiger partial charge in [-0.3, -0.25) is 9.59 Å². The Morgan fingerprint density at radius 3 is 2.38 bits per heavy atom. The highest BCUT2D eigenvalue weighted by molar-refractivity contribution is 9.10. The molecule has 0 heterocycles. The van der Waals surface area contributed by atoms with Crippen LogP contribution < -0.4 is 10.1 Å². The van der Waals surface area contributed by atoms with E-state index >= 15 is 0 Å². The van der Waals surface area contributed by atoms with Crippen molar-refractivity contribution in [3.05, 3.63) is 64.1 Å². The minimum Gasteiger partial charge on any atom is -0.484 e. The summed E-state index contributed by atoms with van der Waals surface area (Å²) in [6.07, 6.45) is 1.92. The second-order valence-electron chi connectivity index (χ2n) is 7.07. The van der Waals surface area contributed by atoms with Gasteiger partial charge in [0, 0.05) is 17.6 Å². The predicted octanol–water partition coefficient (Wildman–Crippen LogP) is 4.47. The normalized spacial score (nSPS) is 11.6. The number of rotatable bonds is 10. The average molecular weight is 461 g/mol. The van der Waals surface area contributed by atoms with Crippen LogP contribution in [-0.4, -0.2) is 35.9 Å². The Morgan fingerprint density at radius 1 is 1.10 bits per heavy atom. The van der Waals surface area contributed by atoms with E-state index in [0.717, 1.165) is 28.4 Å². The van der Waals surface area contributed by atoms with Crippen molar-refractivity contribution < 1.29 is 14.3 Å². The van der Waals surface area contributed by atoms with Crippen LogP contribution in [0.3, 0.4) is 0 Å². The van der Waals surface area contributed by atoms with Crippen molar-refractivity contribution in [2.75, 3.05) is 13.2 Å². The molecule has 0 spiro atoms. The molecule has 0 aliphatic carbocycles. The zero-order valence-corrected chi connectivity index (χ0v) is 18.9. The molecular weight excluding hydrogens is 432 g/mol. The Balaban J connectivity index is 2.08. The summed E-state index contributed by atoms with van der Waals surface area (Å²) in [7, 11) is 0. The van der Waals surface area contributed by atoms with Crippen molar-refractivity contribution in [3.63, 3.8) is 0 Å². The summed E-state index contributed by atoms with van der Waals surface area (Å²) < 4.78 is 6.58. The molecule has 6 heteroatoms. The van der Waals surface area contributed by atoms with Gasteiger partial charge in [0.2, 0.25) is 5.91 Å². The highest BCUT2D eigenvalue weighted by atomic mass is 79.9. The number of hydrogen-bond acceptors (Lipinski definition) is 3. The summed E-state index contributed by atoms with van der Waals surface area (Å²) in [4.78, 5) is 27.1. The lowest BCUT2D eigenvalue weighted by molar-refractivity contribution is -0.142. The third-order valence-corrected chi connectivity index (χ3v) is 5.17. The SMILES string of the molecule is CCCCNC(=O)C(C)N(Cc1ccc(C)cc1)C(=O)COc1ccc(Br)cc1. The maximum Gasteiger partial charge on any atom is 0.261 e. The van der Waals surface area contributed by atoms with E-state index < -0.39 is 6.04 Å². The molecule has 2 aromatic carbocycles. The molecule has 2 rings (SSSR count). The number of aryl methyl sites for hydroxylation is 1. The number of amides is 2. The van der Waals surface area contributed by atoms with Crippen molar-refractivity contribution >= 4 is 27.7 Å². The molecule has 5 nitrogen and oxygen atoms in total. The minimum atomic E-state index is -0.589. The van der Waals surface area contributed by atoms with E-state index in [1.807, 2.05) is 43.3 Å². The van der Waals surface area contributed by atoms with E-state index in [-0.39, 0.29) is 18.4 Å². The smallest absolute Gasteiger partial charge is 0.261 e. The van der Waals surface area contributed by atoms with Crippen molar-refractivity contribution in [3.8, 4) is 5.75 Å². The first-order valence-corrected chi connectivity index (χ1v) is 10.7. The Hall–Kier alpha value is -2.34. The van der Waals surface area contributed by atoms with Crippen molar-refractivity contribution in [2.45, 2.75) is 46.2 Å². The largest absolute Gasteiger partial charge is 0.484 e. The first-order valence-electron chi connectivity index (χ1n) is 9.91. The summed E-state index contributed by atoms with van der Waals surface area (Å²) in [5.41, 5.74) is 2.12. The van der Waals surface area contributed by atoms with Gasteiger partial charge in [-0.25, -0.2) is 0 Å². The fourth-order valence-electron chi connectivity index (χ4n) is 2.77. The van der Waals surface area contributed by atoms with Crippen LogP contribution >= 0.6 is 15.9 Å². The molecule has 2 amide bonds. The molecular formula is C23H29BrN2O3. The third-order valence-electron chi connectivity index (χ3n) is 4.65. The van der Waals surface area contributed by atoms with Crippen molar-refractivity contribution in [2.24, 2.45) is 0 Å². The number of halogens is 1. The van der Waals surface area contributed by atoms with Crippen LogP contribution in [0, 0.1) is 6.92 Å². The number of carbonyl (C=O) groups is 2. The summed E-state index contributed by atoms with van der Waals surface area (Å²) in [5.74, 6) is 0.228. The van der Waals surface area contributed by atoms with Gasteiger partial charge in [0.15, 0.2) is 6.61 Å². The lowest BCUT2D eigenvalue weighted by Gasteiger charge is -2.28. The van der Waals surface area contributed by atoms with Crippen LogP contribution in [-0.2, 0) is 16.1 Å². The topological polar surface area (TPSA) is 58.6 Å². The number of carbonyl (C=O) groups excluding carboxylic acids is 2. The molecule has 0 aromatic heterocycles. The second kappa shape index (κ2) is 11.6. The van der Waals surface area contributed by atoms with Crippen LogP contribution in [0.5, 0.6) is 5.75 Å². The molecule has 29 heavy (non-hydrogen) atoms. The monoisotopic (exact) mass is 460 g/mol. The maximum atomic E-state index is 12.9. The molecule has 0 radical (unpaired) electrons. The Labute approximate surface area is 181 Å². The zero-order valence-electron chi connectivity index (χ0n) is 17.3. The molecule has 1 N–H and O–H groups in total. The average Bonchev–Trinajstić information content (AvgIpc) is 2.72. The molecule has 1 unspecified atom stereocenters. The number of nitrogens with zero attached hydrogens (tertiary/aromatic N) is 1. The number of nitrogens with one attached hydrogen (secondary N) is 1. The van der Waals surface area contributed by atoms with Crippen LogP contribution in [0.2, 0.25) is 0 Å². The zero-order chi connectivity index (χ0) is 21.2. The molecule has 0 aliphatic heterocycles. The minimum absolute atomic E-state index is 0.125. The van der Waals surface area contributed by atoms with Gasteiger partial charge in [0.05, 0.1) is 0 Å². The van der Waals surface area contributed by atoms with Crippen LogP contribution in [0.25, 0.3) is 0 Å². The highest BCUT2D eigenvalue weighted by Crippen LogP contribution is 2.17. The highest BCUT2D eigenvalue weighted by Gasteiger charge is 2.26. The van der Waals surface area contributed by atoms with Gasteiger partial charge in [0.25, 0.3) is 5.91 Å².